The van der Waals surface area contributed by atoms with Gasteiger partial charge >= 0.3 is 5.97 Å². The van der Waals surface area contributed by atoms with Gasteiger partial charge in [-0.3, -0.25) is 4.90 Å². The smallest absolute Gasteiger partial charge is 0.350 e. The first-order valence-corrected chi connectivity index (χ1v) is 14.6. The van der Waals surface area contributed by atoms with Crippen molar-refractivity contribution in [3.63, 3.8) is 0 Å². The topological polar surface area (TPSA) is 85.2 Å². The molecule has 3 heterocycles. The fourth-order valence-electron chi connectivity index (χ4n) is 4.80. The first-order valence-electron chi connectivity index (χ1n) is 12.9. The Morgan fingerprint density at radius 2 is 1.97 bits per heavy atom. The Morgan fingerprint density at radius 1 is 1.18 bits per heavy atom. The van der Waals surface area contributed by atoms with E-state index in [2.05, 4.69) is 56.3 Å². The molecule has 1 aliphatic heterocycles. The number of rotatable bonds is 9. The highest BCUT2D eigenvalue weighted by Crippen LogP contribution is 2.34. The standard InChI is InChI=1S/C29H31N5O2S2/c1-3-36-28(35)27-20(2)32-29(38-27)37-24-9-7-23(8-10-24)34-15-13-33(14-16-34)12-4-5-22-19-31-26-11-6-21(18-30)17-25(22)26/h6-11,17,19,31H,3-5,12-16H2,1-2H3. The molecule has 0 bridgehead atoms. The monoisotopic (exact) mass is 545 g/mol. The zero-order valence-electron chi connectivity index (χ0n) is 21.7. The van der Waals surface area contributed by atoms with Crippen molar-refractivity contribution in [2.75, 3.05) is 44.2 Å². The second-order valence-corrected chi connectivity index (χ2v) is 11.6. The summed E-state index contributed by atoms with van der Waals surface area (Å²) in [6.45, 7) is 9.24. The number of nitrogens with one attached hydrogen (secondary N) is 1. The predicted molar refractivity (Wildman–Crippen MR) is 153 cm³/mol. The normalized spacial score (nSPS) is 14.1. The molecule has 0 spiro atoms. The molecule has 1 fully saturated rings. The van der Waals surface area contributed by atoms with Crippen LogP contribution >= 0.6 is 23.1 Å². The minimum absolute atomic E-state index is 0.295. The lowest BCUT2D eigenvalue weighted by Gasteiger charge is -2.36. The van der Waals surface area contributed by atoms with Crippen molar-refractivity contribution in [2.45, 2.75) is 35.9 Å². The summed E-state index contributed by atoms with van der Waals surface area (Å²) in [6.07, 6.45) is 4.19. The van der Waals surface area contributed by atoms with Crippen molar-refractivity contribution >= 4 is 45.7 Å². The first kappa shape index (κ1) is 26.3. The molecule has 0 amide bonds. The molecule has 0 atom stereocenters. The maximum absolute atomic E-state index is 12.1. The third-order valence-electron chi connectivity index (χ3n) is 6.83. The number of carbonyl (C=O) groups is 1. The number of thiazole rings is 1. The molecule has 0 saturated carbocycles. The Hall–Kier alpha value is -3.32. The van der Waals surface area contributed by atoms with Crippen LogP contribution in [0, 0.1) is 18.3 Å². The molecule has 7 nitrogen and oxygen atoms in total. The first-order chi connectivity index (χ1) is 18.5. The van der Waals surface area contributed by atoms with E-state index in [-0.39, 0.29) is 5.97 Å². The molecule has 2 aromatic carbocycles. The van der Waals surface area contributed by atoms with Crippen LogP contribution in [0.25, 0.3) is 10.9 Å². The second-order valence-electron chi connectivity index (χ2n) is 9.33. The maximum atomic E-state index is 12.1. The average molecular weight is 546 g/mol. The van der Waals surface area contributed by atoms with Crippen LogP contribution in [0.1, 0.15) is 39.8 Å². The van der Waals surface area contributed by atoms with Gasteiger partial charge in [-0.25, -0.2) is 9.78 Å². The number of piperazine rings is 1. The van der Waals surface area contributed by atoms with E-state index in [1.54, 1.807) is 11.8 Å². The van der Waals surface area contributed by atoms with Crippen LogP contribution in [0.2, 0.25) is 0 Å². The zero-order chi connectivity index (χ0) is 26.5. The van der Waals surface area contributed by atoms with Gasteiger partial charge in [-0.1, -0.05) is 11.8 Å². The van der Waals surface area contributed by atoms with Crippen LogP contribution in [0.4, 0.5) is 5.69 Å². The average Bonchev–Trinajstić information content (AvgIpc) is 3.52. The molecule has 9 heteroatoms. The Balaban J connectivity index is 1.09. The molecule has 1 N–H and O–H groups in total. The van der Waals surface area contributed by atoms with E-state index in [0.717, 1.165) is 66.0 Å². The van der Waals surface area contributed by atoms with Gasteiger partial charge in [0, 0.05) is 53.9 Å². The number of esters is 1. The molecule has 1 saturated heterocycles. The van der Waals surface area contributed by atoms with Crippen LogP contribution in [-0.4, -0.2) is 60.2 Å². The Kier molecular flexibility index (Phi) is 8.32. The van der Waals surface area contributed by atoms with Crippen LogP contribution in [-0.2, 0) is 11.2 Å². The summed E-state index contributed by atoms with van der Waals surface area (Å²) in [5.41, 5.74) is 5.06. The molecular formula is C29H31N5O2S2. The third kappa shape index (κ3) is 6.04. The van der Waals surface area contributed by atoms with Gasteiger partial charge < -0.3 is 14.6 Å². The number of aryl methyl sites for hydroxylation is 2. The van der Waals surface area contributed by atoms with Gasteiger partial charge in [0.25, 0.3) is 0 Å². The molecule has 5 rings (SSSR count). The number of anilines is 1. The summed E-state index contributed by atoms with van der Waals surface area (Å²) in [6, 6.07) is 16.7. The van der Waals surface area contributed by atoms with Gasteiger partial charge in [0.05, 0.1) is 23.9 Å². The summed E-state index contributed by atoms with van der Waals surface area (Å²) in [5.74, 6) is -0.295. The third-order valence-corrected chi connectivity index (χ3v) is 9.04. The van der Waals surface area contributed by atoms with Crippen molar-refractivity contribution in [2.24, 2.45) is 0 Å². The molecule has 0 radical (unpaired) electrons. The van der Waals surface area contributed by atoms with E-state index in [1.807, 2.05) is 32.0 Å². The lowest BCUT2D eigenvalue weighted by atomic mass is 10.1. The molecule has 0 aliphatic carbocycles. The van der Waals surface area contributed by atoms with Crippen molar-refractivity contribution < 1.29 is 9.53 Å². The number of fused-ring (bicyclic) bond motifs is 1. The van der Waals surface area contributed by atoms with Gasteiger partial charge in [0.2, 0.25) is 0 Å². The van der Waals surface area contributed by atoms with Gasteiger partial charge in [-0.05, 0) is 81.3 Å². The van der Waals surface area contributed by atoms with Crippen LogP contribution in [0.3, 0.4) is 0 Å². The van der Waals surface area contributed by atoms with Crippen molar-refractivity contribution in [1.29, 1.82) is 5.26 Å². The van der Waals surface area contributed by atoms with Gasteiger partial charge in [0.1, 0.15) is 4.88 Å². The number of nitrogens with zero attached hydrogens (tertiary/aromatic N) is 4. The Bertz CT molecular complexity index is 1450. The fourth-order valence-corrected chi connectivity index (χ4v) is 6.86. The predicted octanol–water partition coefficient (Wildman–Crippen LogP) is 5.89. The fraction of sp³-hybridized carbons (Fsp3) is 0.345. The number of benzene rings is 2. The summed E-state index contributed by atoms with van der Waals surface area (Å²) in [4.78, 5) is 26.6. The number of carbonyl (C=O) groups excluding carboxylic acids is 1. The zero-order valence-corrected chi connectivity index (χ0v) is 23.3. The highest BCUT2D eigenvalue weighted by Gasteiger charge is 2.19. The molecule has 0 unspecified atom stereocenters. The highest BCUT2D eigenvalue weighted by molar-refractivity contribution is 8.01. The largest absolute Gasteiger partial charge is 0.462 e. The van der Waals surface area contributed by atoms with E-state index in [4.69, 9.17) is 4.74 Å². The van der Waals surface area contributed by atoms with E-state index in [0.29, 0.717) is 17.0 Å². The summed E-state index contributed by atoms with van der Waals surface area (Å²) >= 11 is 2.97. The number of H-pyrrole nitrogens is 1. The number of hydrogen-bond acceptors (Lipinski definition) is 8. The van der Waals surface area contributed by atoms with E-state index in [9.17, 15) is 10.1 Å². The Morgan fingerprint density at radius 3 is 2.71 bits per heavy atom. The number of ether oxygens (including phenoxy) is 1. The summed E-state index contributed by atoms with van der Waals surface area (Å²) in [5, 5.41) is 10.4. The molecular weight excluding hydrogens is 514 g/mol. The summed E-state index contributed by atoms with van der Waals surface area (Å²) in [7, 11) is 0. The maximum Gasteiger partial charge on any atom is 0.350 e. The number of hydrogen-bond donors (Lipinski definition) is 1. The minimum Gasteiger partial charge on any atom is -0.462 e. The molecule has 196 valence electrons. The Labute approximate surface area is 231 Å². The van der Waals surface area contributed by atoms with Crippen molar-refractivity contribution in [1.82, 2.24) is 14.9 Å². The number of aromatic nitrogens is 2. The molecule has 1 aliphatic rings. The number of aromatic amines is 1. The minimum atomic E-state index is -0.295. The quantitative estimate of drug-likeness (QED) is 0.263. The molecule has 2 aromatic heterocycles. The van der Waals surface area contributed by atoms with Crippen LogP contribution < -0.4 is 4.90 Å². The molecule has 38 heavy (non-hydrogen) atoms. The lowest BCUT2D eigenvalue weighted by molar-refractivity contribution is 0.0531. The van der Waals surface area contributed by atoms with Crippen LogP contribution in [0.5, 0.6) is 0 Å². The van der Waals surface area contributed by atoms with E-state index in [1.165, 1.54) is 28.0 Å². The van der Waals surface area contributed by atoms with Gasteiger partial charge in [-0.15, -0.1) is 11.3 Å². The van der Waals surface area contributed by atoms with Crippen LogP contribution in [0.15, 0.2) is 57.9 Å². The summed E-state index contributed by atoms with van der Waals surface area (Å²) < 4.78 is 5.98. The SMILES string of the molecule is CCOC(=O)c1sc(Sc2ccc(N3CCN(CCCc4c[nH]c5ccc(C#N)cc45)CC3)cc2)nc1C. The molecule has 4 aromatic rings. The second kappa shape index (κ2) is 12.0. The lowest BCUT2D eigenvalue weighted by Crippen LogP contribution is -2.46. The van der Waals surface area contributed by atoms with E-state index >= 15 is 0 Å². The van der Waals surface area contributed by atoms with E-state index < -0.39 is 0 Å². The highest BCUT2D eigenvalue weighted by atomic mass is 32.2. The van der Waals surface area contributed by atoms with Crippen molar-refractivity contribution in [3.05, 3.63) is 70.4 Å². The van der Waals surface area contributed by atoms with Gasteiger partial charge in [-0.2, -0.15) is 5.26 Å². The van der Waals surface area contributed by atoms with Crippen molar-refractivity contribution in [3.8, 4) is 6.07 Å². The van der Waals surface area contributed by atoms with Gasteiger partial charge in [0.15, 0.2) is 4.34 Å². The number of nitriles is 1.